The molecule has 2 aromatic rings. The van der Waals surface area contributed by atoms with Crippen LogP contribution in [0.2, 0.25) is 0 Å². The van der Waals surface area contributed by atoms with Crippen LogP contribution in [-0.2, 0) is 0 Å². The van der Waals surface area contributed by atoms with E-state index in [0.29, 0.717) is 0 Å². The van der Waals surface area contributed by atoms with Crippen LogP contribution < -0.4 is 11.1 Å². The summed E-state index contributed by atoms with van der Waals surface area (Å²) in [6.07, 6.45) is 3.55. The van der Waals surface area contributed by atoms with E-state index in [1.54, 1.807) is 18.1 Å². The molecule has 0 saturated heterocycles. The maximum absolute atomic E-state index is 5.95. The second-order valence-electron chi connectivity index (χ2n) is 3.95. The first-order chi connectivity index (χ1) is 8.70. The van der Waals surface area contributed by atoms with Crippen molar-refractivity contribution in [1.29, 1.82) is 0 Å². The van der Waals surface area contributed by atoms with Gasteiger partial charge in [-0.15, -0.1) is 11.8 Å². The summed E-state index contributed by atoms with van der Waals surface area (Å²) in [6, 6.07) is 9.88. The van der Waals surface area contributed by atoms with Gasteiger partial charge in [0.1, 0.15) is 17.2 Å². The highest BCUT2D eigenvalue weighted by atomic mass is 32.2. The van der Waals surface area contributed by atoms with Crippen LogP contribution in [0.3, 0.4) is 0 Å². The highest BCUT2D eigenvalue weighted by Gasteiger charge is 2.07. The van der Waals surface area contributed by atoms with Gasteiger partial charge in [-0.25, -0.2) is 9.97 Å². The SMILES string of the molecule is CSc1cc(Nc2ccccc2C(C)N)ncn1. The number of anilines is 2. The minimum absolute atomic E-state index is 0.0180. The third-order valence-corrected chi connectivity index (χ3v) is 3.21. The van der Waals surface area contributed by atoms with Crippen molar-refractivity contribution in [2.75, 3.05) is 11.6 Å². The average Bonchev–Trinajstić information content (AvgIpc) is 2.39. The summed E-state index contributed by atoms with van der Waals surface area (Å²) in [7, 11) is 0. The molecular weight excluding hydrogens is 244 g/mol. The normalized spacial score (nSPS) is 12.2. The Kier molecular flexibility index (Phi) is 4.17. The van der Waals surface area contributed by atoms with Gasteiger partial charge in [0.2, 0.25) is 0 Å². The molecule has 0 bridgehead atoms. The summed E-state index contributed by atoms with van der Waals surface area (Å²) in [5.74, 6) is 0.780. The Balaban J connectivity index is 2.28. The van der Waals surface area contributed by atoms with Crippen molar-refractivity contribution >= 4 is 23.3 Å². The van der Waals surface area contributed by atoms with Crippen molar-refractivity contribution in [3.05, 3.63) is 42.2 Å². The molecule has 0 radical (unpaired) electrons. The molecule has 0 aliphatic rings. The smallest absolute Gasteiger partial charge is 0.134 e. The topological polar surface area (TPSA) is 63.8 Å². The molecule has 18 heavy (non-hydrogen) atoms. The van der Waals surface area contributed by atoms with E-state index in [0.717, 1.165) is 22.1 Å². The maximum Gasteiger partial charge on any atom is 0.134 e. The van der Waals surface area contributed by atoms with Crippen LogP contribution in [0.1, 0.15) is 18.5 Å². The van der Waals surface area contributed by atoms with E-state index in [1.165, 1.54) is 0 Å². The van der Waals surface area contributed by atoms with Crippen molar-refractivity contribution in [2.45, 2.75) is 18.0 Å². The van der Waals surface area contributed by atoms with Gasteiger partial charge in [-0.3, -0.25) is 0 Å². The molecule has 0 aliphatic heterocycles. The Morgan fingerprint density at radius 3 is 2.78 bits per heavy atom. The van der Waals surface area contributed by atoms with Gasteiger partial charge in [-0.1, -0.05) is 18.2 Å². The van der Waals surface area contributed by atoms with Gasteiger partial charge in [-0.05, 0) is 24.8 Å². The van der Waals surface area contributed by atoms with Crippen LogP contribution in [0.4, 0.5) is 11.5 Å². The van der Waals surface area contributed by atoms with Crippen molar-refractivity contribution in [1.82, 2.24) is 9.97 Å². The first kappa shape index (κ1) is 12.9. The summed E-state index contributed by atoms with van der Waals surface area (Å²) in [6.45, 7) is 1.97. The molecule has 0 spiro atoms. The molecule has 0 amide bonds. The fraction of sp³-hybridized carbons (Fsp3) is 0.231. The first-order valence-corrected chi connectivity index (χ1v) is 6.90. The Labute approximate surface area is 111 Å². The van der Waals surface area contributed by atoms with E-state index in [4.69, 9.17) is 5.73 Å². The molecule has 1 atom stereocenters. The summed E-state index contributed by atoms with van der Waals surface area (Å²) < 4.78 is 0. The number of hydrogen-bond donors (Lipinski definition) is 2. The molecule has 5 heteroatoms. The van der Waals surface area contributed by atoms with Gasteiger partial charge >= 0.3 is 0 Å². The van der Waals surface area contributed by atoms with Gasteiger partial charge in [0.25, 0.3) is 0 Å². The van der Waals surface area contributed by atoms with Crippen molar-refractivity contribution < 1.29 is 0 Å². The van der Waals surface area contributed by atoms with E-state index in [1.807, 2.05) is 43.5 Å². The standard InChI is InChI=1S/C13H16N4S/c1-9(14)10-5-3-4-6-11(10)17-12-7-13(18-2)16-8-15-12/h3-9H,14H2,1-2H3,(H,15,16,17). The number of rotatable bonds is 4. The minimum Gasteiger partial charge on any atom is -0.340 e. The van der Waals surface area contributed by atoms with Crippen LogP contribution in [0, 0.1) is 0 Å². The molecule has 3 N–H and O–H groups in total. The monoisotopic (exact) mass is 260 g/mol. The molecule has 4 nitrogen and oxygen atoms in total. The molecule has 2 rings (SSSR count). The van der Waals surface area contributed by atoms with E-state index < -0.39 is 0 Å². The van der Waals surface area contributed by atoms with E-state index in [-0.39, 0.29) is 6.04 Å². The molecule has 1 unspecified atom stereocenters. The highest BCUT2D eigenvalue weighted by Crippen LogP contribution is 2.24. The fourth-order valence-corrected chi connectivity index (χ4v) is 2.05. The lowest BCUT2D eigenvalue weighted by atomic mass is 10.1. The average molecular weight is 260 g/mol. The largest absolute Gasteiger partial charge is 0.340 e. The zero-order chi connectivity index (χ0) is 13.0. The van der Waals surface area contributed by atoms with Crippen molar-refractivity contribution in [3.63, 3.8) is 0 Å². The molecule has 1 aromatic carbocycles. The number of benzene rings is 1. The lowest BCUT2D eigenvalue weighted by Crippen LogP contribution is -2.08. The summed E-state index contributed by atoms with van der Waals surface area (Å²) in [5, 5.41) is 4.22. The molecule has 0 aliphatic carbocycles. The number of nitrogens with one attached hydrogen (secondary N) is 1. The summed E-state index contributed by atoms with van der Waals surface area (Å²) >= 11 is 1.59. The Hall–Kier alpha value is -1.59. The third-order valence-electron chi connectivity index (χ3n) is 2.57. The highest BCUT2D eigenvalue weighted by molar-refractivity contribution is 7.98. The van der Waals surface area contributed by atoms with E-state index >= 15 is 0 Å². The lowest BCUT2D eigenvalue weighted by molar-refractivity contribution is 0.820. The minimum atomic E-state index is -0.0180. The Morgan fingerprint density at radius 2 is 2.06 bits per heavy atom. The van der Waals surface area contributed by atoms with Gasteiger partial charge in [0.05, 0.1) is 0 Å². The van der Waals surface area contributed by atoms with Crippen LogP contribution in [-0.4, -0.2) is 16.2 Å². The molecule has 0 fully saturated rings. The van der Waals surface area contributed by atoms with Crippen LogP contribution in [0.25, 0.3) is 0 Å². The zero-order valence-corrected chi connectivity index (χ0v) is 11.2. The number of aromatic nitrogens is 2. The van der Waals surface area contributed by atoms with Crippen LogP contribution >= 0.6 is 11.8 Å². The Bertz CT molecular complexity index is 528. The lowest BCUT2D eigenvalue weighted by Gasteiger charge is -2.14. The first-order valence-electron chi connectivity index (χ1n) is 5.68. The number of thioether (sulfide) groups is 1. The van der Waals surface area contributed by atoms with E-state index in [9.17, 15) is 0 Å². The van der Waals surface area contributed by atoms with Crippen molar-refractivity contribution in [3.8, 4) is 0 Å². The number of para-hydroxylation sites is 1. The van der Waals surface area contributed by atoms with Crippen molar-refractivity contribution in [2.24, 2.45) is 5.73 Å². The molecular formula is C13H16N4S. The van der Waals surface area contributed by atoms with Crippen LogP contribution in [0.5, 0.6) is 0 Å². The molecule has 1 aromatic heterocycles. The Morgan fingerprint density at radius 1 is 1.28 bits per heavy atom. The van der Waals surface area contributed by atoms with Crippen LogP contribution in [0.15, 0.2) is 41.7 Å². The molecule has 94 valence electrons. The predicted octanol–water partition coefficient (Wildman–Crippen LogP) is 2.96. The van der Waals surface area contributed by atoms with E-state index in [2.05, 4.69) is 15.3 Å². The zero-order valence-electron chi connectivity index (χ0n) is 10.4. The molecule has 1 heterocycles. The molecule has 0 saturated carbocycles. The summed E-state index contributed by atoms with van der Waals surface area (Å²) in [4.78, 5) is 8.35. The van der Waals surface area contributed by atoms with Gasteiger partial charge in [-0.2, -0.15) is 0 Å². The van der Waals surface area contributed by atoms with Gasteiger partial charge < -0.3 is 11.1 Å². The number of nitrogens with two attached hydrogens (primary N) is 1. The fourth-order valence-electron chi connectivity index (χ4n) is 1.67. The second-order valence-corrected chi connectivity index (χ2v) is 4.77. The van der Waals surface area contributed by atoms with Gasteiger partial charge in [0.15, 0.2) is 0 Å². The second kappa shape index (κ2) is 5.84. The maximum atomic E-state index is 5.95. The third kappa shape index (κ3) is 3.00. The number of nitrogens with zero attached hydrogens (tertiary/aromatic N) is 2. The summed E-state index contributed by atoms with van der Waals surface area (Å²) in [5.41, 5.74) is 8.00. The number of hydrogen-bond acceptors (Lipinski definition) is 5. The van der Waals surface area contributed by atoms with Gasteiger partial charge in [0, 0.05) is 17.8 Å². The quantitative estimate of drug-likeness (QED) is 0.653. The predicted molar refractivity (Wildman–Crippen MR) is 76.1 cm³/mol.